The quantitative estimate of drug-likeness (QED) is 0.239. The molecule has 0 heterocycles. The Morgan fingerprint density at radius 2 is 1.38 bits per heavy atom. The van der Waals surface area contributed by atoms with Crippen molar-refractivity contribution in [1.82, 2.24) is 0 Å². The molecule has 5 nitrogen and oxygen atoms in total. The van der Waals surface area contributed by atoms with E-state index in [0.717, 1.165) is 0 Å². The summed E-state index contributed by atoms with van der Waals surface area (Å²) in [5.41, 5.74) is -0.648. The average Bonchev–Trinajstić information content (AvgIpc) is 2.64. The van der Waals surface area contributed by atoms with Crippen molar-refractivity contribution in [3.63, 3.8) is 0 Å². The summed E-state index contributed by atoms with van der Waals surface area (Å²) in [6, 6.07) is 11.3. The van der Waals surface area contributed by atoms with Crippen LogP contribution < -0.4 is 0 Å². The van der Waals surface area contributed by atoms with Gasteiger partial charge in [-0.05, 0) is 48.0 Å². The zero-order valence-corrected chi connectivity index (χ0v) is 18.1. The lowest BCUT2D eigenvalue weighted by Gasteiger charge is -2.34. The highest BCUT2D eigenvalue weighted by Crippen LogP contribution is 2.53. The van der Waals surface area contributed by atoms with Gasteiger partial charge in [-0.2, -0.15) is 8.42 Å². The van der Waals surface area contributed by atoms with Gasteiger partial charge in [0.1, 0.15) is 11.5 Å². The molecule has 0 bridgehead atoms. The molecule has 3 rings (SSSR count). The number of hydrogen-bond donors (Lipinski definition) is 3. The van der Waals surface area contributed by atoms with E-state index in [9.17, 15) is 23.2 Å². The van der Waals surface area contributed by atoms with Gasteiger partial charge in [-0.15, -0.1) is 0 Å². The molecule has 3 aromatic rings. The van der Waals surface area contributed by atoms with Crippen molar-refractivity contribution >= 4 is 56.5 Å². The van der Waals surface area contributed by atoms with Crippen LogP contribution in [0.3, 0.4) is 0 Å². The minimum atomic E-state index is -5.13. The summed E-state index contributed by atoms with van der Waals surface area (Å²) in [6.07, 6.45) is 0. The minimum Gasteiger partial charge on any atom is -0.508 e. The van der Waals surface area contributed by atoms with Gasteiger partial charge in [0.05, 0.1) is 10.0 Å². The zero-order chi connectivity index (χ0) is 21.6. The fourth-order valence-corrected chi connectivity index (χ4v) is 5.63. The van der Waals surface area contributed by atoms with Crippen molar-refractivity contribution in [2.75, 3.05) is 0 Å². The standard InChI is InChI=1S/C19H12Cl4O5S/c20-11-3-8-16(25)13(9-11)19(29(26,27)28,10-1-4-12(24)5-2-10)17-14(21)6-7-15(22)18(17)23/h1-9,24-25H,(H,26,27,28). The van der Waals surface area contributed by atoms with Crippen molar-refractivity contribution in [2.45, 2.75) is 4.75 Å². The van der Waals surface area contributed by atoms with E-state index in [2.05, 4.69) is 0 Å². The monoisotopic (exact) mass is 492 g/mol. The van der Waals surface area contributed by atoms with Crippen LogP contribution in [0, 0.1) is 0 Å². The number of phenolic OH excluding ortho intramolecular Hbond substituents is 2. The number of halogens is 4. The van der Waals surface area contributed by atoms with Gasteiger partial charge in [0.15, 0.2) is 4.75 Å². The molecule has 3 N–H and O–H groups in total. The van der Waals surface area contributed by atoms with Crippen LogP contribution in [0.15, 0.2) is 54.6 Å². The molecule has 0 radical (unpaired) electrons. The topological polar surface area (TPSA) is 94.8 Å². The van der Waals surface area contributed by atoms with Crippen LogP contribution in [-0.2, 0) is 14.9 Å². The van der Waals surface area contributed by atoms with Gasteiger partial charge >= 0.3 is 0 Å². The molecule has 0 aromatic heterocycles. The Morgan fingerprint density at radius 3 is 1.97 bits per heavy atom. The molecule has 1 atom stereocenters. The van der Waals surface area contributed by atoms with E-state index >= 15 is 0 Å². The lowest BCUT2D eigenvalue weighted by Crippen LogP contribution is -2.39. The summed E-state index contributed by atoms with van der Waals surface area (Å²) in [6.45, 7) is 0. The molecule has 0 aliphatic heterocycles. The molecular formula is C19H12Cl4O5S. The van der Waals surface area contributed by atoms with E-state index < -0.39 is 20.6 Å². The van der Waals surface area contributed by atoms with Gasteiger partial charge in [0.2, 0.25) is 0 Å². The second-order valence-corrected chi connectivity index (χ2v) is 9.27. The molecule has 10 heteroatoms. The molecule has 0 aliphatic rings. The van der Waals surface area contributed by atoms with Crippen LogP contribution in [0.25, 0.3) is 0 Å². The Morgan fingerprint density at radius 1 is 0.793 bits per heavy atom. The SMILES string of the molecule is O=S(=O)(O)C(c1ccc(O)cc1)(c1cc(Cl)ccc1O)c1c(Cl)ccc(Cl)c1Cl. The molecule has 0 fully saturated rings. The largest absolute Gasteiger partial charge is 0.508 e. The highest BCUT2D eigenvalue weighted by Gasteiger charge is 2.52. The lowest BCUT2D eigenvalue weighted by atomic mass is 9.83. The maximum absolute atomic E-state index is 13.0. The van der Waals surface area contributed by atoms with E-state index in [4.69, 9.17) is 46.4 Å². The summed E-state index contributed by atoms with van der Waals surface area (Å²) in [5.74, 6) is -0.649. The van der Waals surface area contributed by atoms with Crippen molar-refractivity contribution < 1.29 is 23.2 Å². The Bertz CT molecular complexity index is 1200. The summed E-state index contributed by atoms with van der Waals surface area (Å²) in [7, 11) is -5.13. The average molecular weight is 494 g/mol. The smallest absolute Gasteiger partial charge is 0.283 e. The van der Waals surface area contributed by atoms with Gasteiger partial charge < -0.3 is 10.2 Å². The summed E-state index contributed by atoms with van der Waals surface area (Å²) >= 11 is 24.9. The van der Waals surface area contributed by atoms with Crippen LogP contribution in [-0.4, -0.2) is 23.2 Å². The lowest BCUT2D eigenvalue weighted by molar-refractivity contribution is 0.440. The van der Waals surface area contributed by atoms with Gasteiger partial charge in [-0.3, -0.25) is 4.55 Å². The van der Waals surface area contributed by atoms with Crippen LogP contribution in [0.1, 0.15) is 16.7 Å². The van der Waals surface area contributed by atoms with Gasteiger partial charge in [-0.25, -0.2) is 0 Å². The second kappa shape index (κ2) is 7.87. The molecule has 0 spiro atoms. The van der Waals surface area contributed by atoms with E-state index in [1.165, 1.54) is 54.6 Å². The van der Waals surface area contributed by atoms with E-state index in [-0.39, 0.29) is 42.5 Å². The maximum Gasteiger partial charge on any atom is 0.283 e. The first-order valence-electron chi connectivity index (χ1n) is 7.89. The van der Waals surface area contributed by atoms with E-state index in [0.29, 0.717) is 0 Å². The highest BCUT2D eigenvalue weighted by molar-refractivity contribution is 7.87. The molecule has 152 valence electrons. The maximum atomic E-state index is 13.0. The molecule has 3 aromatic carbocycles. The number of rotatable bonds is 4. The summed E-state index contributed by atoms with van der Waals surface area (Å²) in [5, 5.41) is 19.9. The number of aromatic hydroxyl groups is 2. The summed E-state index contributed by atoms with van der Waals surface area (Å²) < 4.78 is 34.0. The Labute approximate surface area is 186 Å². The highest BCUT2D eigenvalue weighted by atomic mass is 35.5. The van der Waals surface area contributed by atoms with Crippen molar-refractivity contribution in [1.29, 1.82) is 0 Å². The second-order valence-electron chi connectivity index (χ2n) is 6.08. The van der Waals surface area contributed by atoms with Crippen LogP contribution in [0.5, 0.6) is 11.5 Å². The van der Waals surface area contributed by atoms with Crippen LogP contribution in [0.2, 0.25) is 20.1 Å². The van der Waals surface area contributed by atoms with Crippen molar-refractivity contribution in [3.05, 3.63) is 91.4 Å². The molecule has 1 unspecified atom stereocenters. The number of benzene rings is 3. The molecule has 0 amide bonds. The van der Waals surface area contributed by atoms with Crippen LogP contribution in [0.4, 0.5) is 0 Å². The third-order valence-corrected chi connectivity index (χ3v) is 7.18. The third-order valence-electron chi connectivity index (χ3n) is 4.39. The Hall–Kier alpha value is -1.67. The molecule has 0 saturated carbocycles. The minimum absolute atomic E-state index is 0.0283. The molecule has 0 aliphatic carbocycles. The first-order chi connectivity index (χ1) is 13.5. The number of phenols is 2. The normalized spacial score (nSPS) is 13.8. The van der Waals surface area contributed by atoms with Crippen molar-refractivity contribution in [2.24, 2.45) is 0 Å². The van der Waals surface area contributed by atoms with Gasteiger partial charge in [0, 0.05) is 21.2 Å². The molecule has 0 saturated heterocycles. The fraction of sp³-hybridized carbons (Fsp3) is 0.0526. The van der Waals surface area contributed by atoms with Gasteiger partial charge in [-0.1, -0.05) is 58.5 Å². The first kappa shape index (κ1) is 22.0. The predicted molar refractivity (Wildman–Crippen MR) is 114 cm³/mol. The Balaban J connectivity index is 2.65. The Kier molecular flexibility index (Phi) is 5.98. The zero-order valence-electron chi connectivity index (χ0n) is 14.3. The fourth-order valence-electron chi connectivity index (χ4n) is 3.19. The first-order valence-corrected chi connectivity index (χ1v) is 10.8. The van der Waals surface area contributed by atoms with Gasteiger partial charge in [0.25, 0.3) is 10.1 Å². The molecule has 29 heavy (non-hydrogen) atoms. The third kappa shape index (κ3) is 3.65. The van der Waals surface area contributed by atoms with E-state index in [1.807, 2.05) is 0 Å². The van der Waals surface area contributed by atoms with Crippen LogP contribution >= 0.6 is 46.4 Å². The summed E-state index contributed by atoms with van der Waals surface area (Å²) in [4.78, 5) is 0. The van der Waals surface area contributed by atoms with E-state index in [1.54, 1.807) is 0 Å². The number of hydrogen-bond acceptors (Lipinski definition) is 4. The van der Waals surface area contributed by atoms with Crippen molar-refractivity contribution in [3.8, 4) is 11.5 Å². The predicted octanol–water partition coefficient (Wildman–Crippen LogP) is 5.89. The molecular weight excluding hydrogens is 482 g/mol.